The van der Waals surface area contributed by atoms with Gasteiger partial charge in [0.05, 0.1) is 11.5 Å². The molecule has 2 heterocycles. The van der Waals surface area contributed by atoms with Crippen LogP contribution in [0.1, 0.15) is 61.4 Å². The number of nitrogens with zero attached hydrogens (tertiary/aromatic N) is 4. The molecule has 0 saturated carbocycles. The first kappa shape index (κ1) is 24.4. The van der Waals surface area contributed by atoms with E-state index in [9.17, 15) is 18.0 Å². The van der Waals surface area contributed by atoms with Gasteiger partial charge < -0.3 is 15.1 Å². The predicted octanol–water partition coefficient (Wildman–Crippen LogP) is 3.98. The van der Waals surface area contributed by atoms with E-state index in [0.29, 0.717) is 44.2 Å². The molecule has 1 N–H and O–H groups in total. The van der Waals surface area contributed by atoms with Crippen molar-refractivity contribution in [2.75, 3.05) is 37.6 Å². The highest BCUT2D eigenvalue weighted by Gasteiger charge is 2.33. The van der Waals surface area contributed by atoms with Crippen LogP contribution in [0.15, 0.2) is 30.6 Å². The fourth-order valence-electron chi connectivity index (χ4n) is 4.84. The maximum Gasteiger partial charge on any atom is 0.416 e. The highest BCUT2D eigenvalue weighted by Crippen LogP contribution is 2.37. The van der Waals surface area contributed by atoms with Crippen molar-refractivity contribution < 1.29 is 18.0 Å². The Morgan fingerprint density at radius 1 is 1.12 bits per heavy atom. The zero-order chi connectivity index (χ0) is 24.5. The third-order valence-corrected chi connectivity index (χ3v) is 6.81. The smallest absolute Gasteiger partial charge is 0.353 e. The lowest BCUT2D eigenvalue weighted by molar-refractivity contribution is -0.137. The molecule has 0 bridgehead atoms. The summed E-state index contributed by atoms with van der Waals surface area (Å²) in [5.74, 6) is 0.799. The van der Waals surface area contributed by atoms with Crippen LogP contribution in [0.25, 0.3) is 0 Å². The lowest BCUT2D eigenvalue weighted by atomic mass is 9.95. The van der Waals surface area contributed by atoms with E-state index in [1.165, 1.54) is 17.7 Å². The fourth-order valence-corrected chi connectivity index (χ4v) is 4.84. The molecule has 1 aromatic heterocycles. The van der Waals surface area contributed by atoms with Crippen molar-refractivity contribution >= 4 is 11.7 Å². The minimum Gasteiger partial charge on any atom is -0.353 e. The Kier molecular flexibility index (Phi) is 7.12. The summed E-state index contributed by atoms with van der Waals surface area (Å²) in [6.45, 7) is 8.96. The predicted molar refractivity (Wildman–Crippen MR) is 125 cm³/mol. The molecular weight excluding hydrogens is 443 g/mol. The number of benzene rings is 1. The molecule has 1 aromatic carbocycles. The van der Waals surface area contributed by atoms with Crippen molar-refractivity contribution in [3.05, 3.63) is 53.0 Å². The van der Waals surface area contributed by atoms with Gasteiger partial charge in [-0.1, -0.05) is 32.9 Å². The van der Waals surface area contributed by atoms with E-state index in [1.54, 1.807) is 6.33 Å². The number of hydrogen-bond donors (Lipinski definition) is 1. The number of amides is 1. The van der Waals surface area contributed by atoms with Crippen molar-refractivity contribution in [1.29, 1.82) is 0 Å². The van der Waals surface area contributed by atoms with Crippen molar-refractivity contribution in [1.82, 2.24) is 20.2 Å². The van der Waals surface area contributed by atoms with Gasteiger partial charge in [0.25, 0.3) is 0 Å². The highest BCUT2D eigenvalue weighted by molar-refractivity contribution is 5.84. The van der Waals surface area contributed by atoms with Crippen LogP contribution >= 0.6 is 0 Å². The van der Waals surface area contributed by atoms with E-state index < -0.39 is 17.7 Å². The first-order valence-corrected chi connectivity index (χ1v) is 11.9. The van der Waals surface area contributed by atoms with Crippen LogP contribution < -0.4 is 10.2 Å². The Morgan fingerprint density at radius 3 is 2.41 bits per heavy atom. The van der Waals surface area contributed by atoms with Crippen molar-refractivity contribution in [2.45, 2.75) is 57.7 Å². The van der Waals surface area contributed by atoms with Crippen LogP contribution in [-0.2, 0) is 17.4 Å². The van der Waals surface area contributed by atoms with Gasteiger partial charge in [0, 0.05) is 50.0 Å². The molecule has 1 amide bonds. The number of aryl methyl sites for hydroxylation is 1. The number of nitrogens with one attached hydrogen (secondary N) is 1. The number of aromatic nitrogens is 2. The Balaban J connectivity index is 1.47. The van der Waals surface area contributed by atoms with Crippen LogP contribution in [0.2, 0.25) is 0 Å². The normalized spacial score (nSPS) is 19.4. The first-order chi connectivity index (χ1) is 16.1. The lowest BCUT2D eigenvalue weighted by Crippen LogP contribution is -2.51. The standard InChI is InChI=1S/C25H32F3N5O/c1-16(2)29-14-20(18-5-7-19(8-6-18)25(26,27)28)24(34)33-12-10-32(11-13-33)23-22-17(3)4-9-21(22)30-15-31-23/h5-8,15-17,20,29H,4,9-14H2,1-3H3/t17-,20?/m1/s1. The Morgan fingerprint density at radius 2 is 1.79 bits per heavy atom. The lowest BCUT2D eigenvalue weighted by Gasteiger charge is -2.38. The Hall–Kier alpha value is -2.68. The summed E-state index contributed by atoms with van der Waals surface area (Å²) in [4.78, 5) is 26.6. The van der Waals surface area contributed by atoms with Gasteiger partial charge in [-0.25, -0.2) is 9.97 Å². The summed E-state index contributed by atoms with van der Waals surface area (Å²) in [6, 6.07) is 5.12. The van der Waals surface area contributed by atoms with Crippen LogP contribution in [0.5, 0.6) is 0 Å². The molecule has 2 aromatic rings. The van der Waals surface area contributed by atoms with Gasteiger partial charge in [0.15, 0.2) is 0 Å². The number of piperazine rings is 1. The number of hydrogen-bond acceptors (Lipinski definition) is 5. The molecule has 0 spiro atoms. The SMILES string of the molecule is CC(C)NCC(C(=O)N1CCN(c2ncnc3c2[C@H](C)CC3)CC1)c1ccc(C(F)(F)F)cc1. The summed E-state index contributed by atoms with van der Waals surface area (Å²) in [5.41, 5.74) is 2.24. The van der Waals surface area contributed by atoms with Gasteiger partial charge in [-0.15, -0.1) is 0 Å². The molecule has 34 heavy (non-hydrogen) atoms. The number of alkyl halides is 3. The van der Waals surface area contributed by atoms with Crippen LogP contribution in [0.4, 0.5) is 19.0 Å². The maximum absolute atomic E-state index is 13.5. The number of fused-ring (bicyclic) bond motifs is 1. The third-order valence-electron chi connectivity index (χ3n) is 6.81. The third kappa shape index (κ3) is 5.19. The van der Waals surface area contributed by atoms with Gasteiger partial charge in [0.2, 0.25) is 5.91 Å². The highest BCUT2D eigenvalue weighted by atomic mass is 19.4. The van der Waals surface area contributed by atoms with Gasteiger partial charge in [-0.2, -0.15) is 13.2 Å². The second-order valence-electron chi connectivity index (χ2n) is 9.55. The van der Waals surface area contributed by atoms with E-state index in [0.717, 1.165) is 36.5 Å². The zero-order valence-corrected chi connectivity index (χ0v) is 19.9. The molecule has 2 aliphatic rings. The average molecular weight is 476 g/mol. The zero-order valence-electron chi connectivity index (χ0n) is 19.9. The number of rotatable bonds is 6. The molecule has 6 nitrogen and oxygen atoms in total. The molecular formula is C25H32F3N5O. The summed E-state index contributed by atoms with van der Waals surface area (Å²) >= 11 is 0. The topological polar surface area (TPSA) is 61.4 Å². The van der Waals surface area contributed by atoms with Gasteiger partial charge >= 0.3 is 6.18 Å². The molecule has 9 heteroatoms. The van der Waals surface area contributed by atoms with Crippen molar-refractivity contribution in [3.63, 3.8) is 0 Å². The van der Waals surface area contributed by atoms with E-state index in [4.69, 9.17) is 0 Å². The van der Waals surface area contributed by atoms with Crippen LogP contribution in [0.3, 0.4) is 0 Å². The van der Waals surface area contributed by atoms with Crippen LogP contribution in [-0.4, -0.2) is 59.5 Å². The molecule has 1 unspecified atom stereocenters. The first-order valence-electron chi connectivity index (χ1n) is 11.9. The van der Waals surface area contributed by atoms with Crippen molar-refractivity contribution in [2.24, 2.45) is 0 Å². The van der Waals surface area contributed by atoms with Crippen molar-refractivity contribution in [3.8, 4) is 0 Å². The van der Waals surface area contributed by atoms with Gasteiger partial charge in [-0.3, -0.25) is 4.79 Å². The molecule has 4 rings (SSSR count). The maximum atomic E-state index is 13.5. The summed E-state index contributed by atoms with van der Waals surface area (Å²) < 4.78 is 39.0. The number of anilines is 1. The fraction of sp³-hybridized carbons (Fsp3) is 0.560. The molecule has 1 saturated heterocycles. The molecule has 0 radical (unpaired) electrons. The second kappa shape index (κ2) is 9.90. The molecule has 1 aliphatic heterocycles. The van der Waals surface area contributed by atoms with Gasteiger partial charge in [0.1, 0.15) is 12.1 Å². The van der Waals surface area contributed by atoms with E-state index in [-0.39, 0.29) is 11.9 Å². The van der Waals surface area contributed by atoms with E-state index >= 15 is 0 Å². The van der Waals surface area contributed by atoms with Gasteiger partial charge in [-0.05, 0) is 36.5 Å². The Labute approximate surface area is 198 Å². The van der Waals surface area contributed by atoms with Crippen LogP contribution in [0, 0.1) is 0 Å². The summed E-state index contributed by atoms with van der Waals surface area (Å²) in [6.07, 6.45) is -0.718. The average Bonchev–Trinajstić information content (AvgIpc) is 3.20. The largest absolute Gasteiger partial charge is 0.416 e. The summed E-state index contributed by atoms with van der Waals surface area (Å²) in [7, 11) is 0. The minimum absolute atomic E-state index is 0.0613. The molecule has 2 atom stereocenters. The Bertz CT molecular complexity index is 1000. The number of carbonyl (C=O) groups excluding carboxylic acids is 1. The molecule has 1 aliphatic carbocycles. The quantitative estimate of drug-likeness (QED) is 0.685. The summed E-state index contributed by atoms with van der Waals surface area (Å²) in [5, 5.41) is 3.28. The number of carbonyl (C=O) groups is 1. The number of halogens is 3. The van der Waals surface area contributed by atoms with E-state index in [2.05, 4.69) is 27.1 Å². The molecule has 1 fully saturated rings. The van der Waals surface area contributed by atoms with E-state index in [1.807, 2.05) is 18.7 Å². The monoisotopic (exact) mass is 475 g/mol. The minimum atomic E-state index is -4.40. The molecule has 184 valence electrons. The second-order valence-corrected chi connectivity index (χ2v) is 9.55.